The van der Waals surface area contributed by atoms with Crippen molar-refractivity contribution in [1.82, 2.24) is 20.2 Å². The van der Waals surface area contributed by atoms with Crippen LogP contribution in [0, 0.1) is 11.3 Å². The van der Waals surface area contributed by atoms with Crippen molar-refractivity contribution in [3.05, 3.63) is 30.0 Å². The van der Waals surface area contributed by atoms with Crippen molar-refractivity contribution < 1.29 is 32.6 Å². The fourth-order valence-electron chi connectivity index (χ4n) is 7.34. The third-order valence-corrected chi connectivity index (χ3v) is 10.5. The minimum Gasteiger partial charge on any atom is -0.495 e. The summed E-state index contributed by atoms with van der Waals surface area (Å²) in [4.78, 5) is 51.2. The number of anilines is 4. The summed E-state index contributed by atoms with van der Waals surface area (Å²) < 4.78 is 40.8. The smallest absolute Gasteiger partial charge is 0.409 e. The molecule has 1 spiro atoms. The summed E-state index contributed by atoms with van der Waals surface area (Å²) in [5, 5.41) is 6.17. The molecule has 3 amide bonds. The molecule has 2 N–H and O–H groups in total. The minimum absolute atomic E-state index is 0.151. The molecule has 0 bridgehead atoms. The number of hydrogen-bond donors (Lipinski definition) is 2. The van der Waals surface area contributed by atoms with Gasteiger partial charge in [-0.1, -0.05) is 26.2 Å². The number of fused-ring (bicyclic) bond motifs is 1. The average Bonchev–Trinajstić information content (AvgIpc) is 3.47. The Morgan fingerprint density at radius 3 is 2.60 bits per heavy atom. The number of carbonyl (C=O) groups excluding carboxylic acids is 3. The van der Waals surface area contributed by atoms with E-state index in [1.807, 2.05) is 0 Å². The Hall–Kier alpha value is -4.23. The molecular formula is C34H45F2N7O5. The number of unbranched alkanes of at least 4 members (excludes halogenated alkanes) is 1. The van der Waals surface area contributed by atoms with Gasteiger partial charge < -0.3 is 34.8 Å². The van der Waals surface area contributed by atoms with Gasteiger partial charge >= 0.3 is 12.0 Å². The number of methoxy groups -OCH3 is 1. The number of aromatic nitrogens is 2. The first kappa shape index (κ1) is 33.7. The van der Waals surface area contributed by atoms with Gasteiger partial charge in [0.1, 0.15) is 11.4 Å². The van der Waals surface area contributed by atoms with Crippen molar-refractivity contribution in [2.75, 3.05) is 62.1 Å². The predicted octanol–water partition coefficient (Wildman–Crippen LogP) is 5.36. The van der Waals surface area contributed by atoms with E-state index in [1.165, 1.54) is 20.4 Å². The highest BCUT2D eigenvalue weighted by molar-refractivity contribution is 6.02. The van der Waals surface area contributed by atoms with Gasteiger partial charge in [0.2, 0.25) is 5.95 Å². The van der Waals surface area contributed by atoms with Crippen LogP contribution in [0.1, 0.15) is 75.1 Å². The van der Waals surface area contributed by atoms with E-state index in [4.69, 9.17) is 9.47 Å². The van der Waals surface area contributed by atoms with Gasteiger partial charge in [0.05, 0.1) is 32.1 Å². The summed E-state index contributed by atoms with van der Waals surface area (Å²) in [5.74, 6) is -3.89. The lowest BCUT2D eigenvalue weighted by Gasteiger charge is -2.32. The maximum absolute atomic E-state index is 14.9. The molecule has 2 aliphatic heterocycles. The topological polar surface area (TPSA) is 129 Å². The van der Waals surface area contributed by atoms with Crippen LogP contribution < -0.4 is 25.2 Å². The van der Waals surface area contributed by atoms with Gasteiger partial charge in [-0.05, 0) is 68.1 Å². The van der Waals surface area contributed by atoms with Crippen molar-refractivity contribution in [2.24, 2.45) is 11.3 Å². The van der Waals surface area contributed by atoms with Gasteiger partial charge in [0, 0.05) is 38.3 Å². The molecule has 260 valence electrons. The maximum atomic E-state index is 14.9. The maximum Gasteiger partial charge on any atom is 0.409 e. The molecule has 1 unspecified atom stereocenters. The molecule has 2 aliphatic carbocycles. The fraction of sp³-hybridized carbons (Fsp3) is 0.618. The molecule has 2 saturated carbocycles. The lowest BCUT2D eigenvalue weighted by atomic mass is 9.91. The Morgan fingerprint density at radius 1 is 1.15 bits per heavy atom. The van der Waals surface area contributed by atoms with Crippen molar-refractivity contribution >= 4 is 41.0 Å². The van der Waals surface area contributed by atoms with Crippen LogP contribution in [0.2, 0.25) is 0 Å². The number of nitrogens with one attached hydrogen (secondary N) is 2. The normalized spacial score (nSPS) is 21.5. The van der Waals surface area contributed by atoms with Gasteiger partial charge in [-0.15, -0.1) is 0 Å². The number of piperidine rings is 1. The van der Waals surface area contributed by atoms with Gasteiger partial charge in [-0.25, -0.2) is 9.78 Å². The Bertz CT molecular complexity index is 1530. The molecule has 3 heterocycles. The lowest BCUT2D eigenvalue weighted by molar-refractivity contribution is -0.140. The number of ether oxygens (including phenoxy) is 2. The fourth-order valence-corrected chi connectivity index (χ4v) is 7.34. The van der Waals surface area contributed by atoms with Crippen LogP contribution >= 0.6 is 0 Å². The van der Waals surface area contributed by atoms with E-state index in [0.29, 0.717) is 49.2 Å². The summed E-state index contributed by atoms with van der Waals surface area (Å²) in [6, 6.07) is 4.84. The highest BCUT2D eigenvalue weighted by Crippen LogP contribution is 2.59. The van der Waals surface area contributed by atoms with Gasteiger partial charge in [-0.2, -0.15) is 13.8 Å². The lowest BCUT2D eigenvalue weighted by Crippen LogP contribution is -2.48. The third-order valence-electron chi connectivity index (χ3n) is 10.5. The summed E-state index contributed by atoms with van der Waals surface area (Å²) >= 11 is 0. The van der Waals surface area contributed by atoms with E-state index < -0.39 is 18.4 Å². The molecule has 1 aromatic carbocycles. The van der Waals surface area contributed by atoms with Crippen molar-refractivity contribution in [2.45, 2.75) is 76.7 Å². The first-order valence-electron chi connectivity index (χ1n) is 17.0. The van der Waals surface area contributed by atoms with Gasteiger partial charge in [-0.3, -0.25) is 9.59 Å². The predicted molar refractivity (Wildman–Crippen MR) is 176 cm³/mol. The van der Waals surface area contributed by atoms with Crippen LogP contribution in [0.3, 0.4) is 0 Å². The highest BCUT2D eigenvalue weighted by atomic mass is 19.3. The van der Waals surface area contributed by atoms with E-state index in [9.17, 15) is 23.2 Å². The van der Waals surface area contributed by atoms with Crippen LogP contribution in [0.5, 0.6) is 5.75 Å². The number of rotatable bonds is 10. The largest absolute Gasteiger partial charge is 0.495 e. The molecule has 1 atom stereocenters. The number of benzene rings is 1. The molecule has 0 radical (unpaired) electrons. The Morgan fingerprint density at radius 2 is 1.90 bits per heavy atom. The van der Waals surface area contributed by atoms with E-state index in [0.717, 1.165) is 62.7 Å². The van der Waals surface area contributed by atoms with Crippen LogP contribution in [0.15, 0.2) is 24.4 Å². The van der Waals surface area contributed by atoms with Crippen molar-refractivity contribution in [3.63, 3.8) is 0 Å². The standard InChI is InChI=1S/C34H45F2N7O5/c1-4-5-16-48-32(46)42-14-12-33(13-15-42)18-23(33)19-37-29(44)22-10-11-25(27(17-22)47-3)39-31-38-20-26-28(40-31)43(24-8-6-7-9-24)21-34(35,36)30(45)41(26)2/h10-11,17,20,23-24H,4-9,12-16,18-19,21H2,1-3H3,(H,37,44)(H,38,39,40). The molecular weight excluding hydrogens is 624 g/mol. The van der Waals surface area contributed by atoms with Crippen molar-refractivity contribution in [3.8, 4) is 5.75 Å². The van der Waals surface area contributed by atoms with E-state index in [2.05, 4.69) is 27.5 Å². The van der Waals surface area contributed by atoms with Crippen molar-refractivity contribution in [1.29, 1.82) is 0 Å². The third kappa shape index (κ3) is 6.84. The number of alkyl halides is 2. The number of halogens is 2. The molecule has 1 saturated heterocycles. The summed E-state index contributed by atoms with van der Waals surface area (Å²) in [7, 11) is 2.81. The summed E-state index contributed by atoms with van der Waals surface area (Å²) in [5.41, 5.74) is 1.31. The van der Waals surface area contributed by atoms with Crippen LogP contribution in [0.4, 0.5) is 36.7 Å². The molecule has 2 aromatic rings. The zero-order chi connectivity index (χ0) is 34.1. The number of likely N-dealkylation sites (tertiary alicyclic amines) is 1. The molecule has 12 nitrogen and oxygen atoms in total. The molecule has 1 aromatic heterocycles. The Balaban J connectivity index is 1.08. The van der Waals surface area contributed by atoms with Crippen LogP contribution in [0.25, 0.3) is 0 Å². The number of amides is 3. The van der Waals surface area contributed by atoms with E-state index in [-0.39, 0.29) is 40.9 Å². The van der Waals surface area contributed by atoms with E-state index in [1.54, 1.807) is 28.0 Å². The first-order valence-corrected chi connectivity index (χ1v) is 17.0. The molecule has 48 heavy (non-hydrogen) atoms. The van der Waals surface area contributed by atoms with Crippen LogP contribution in [-0.2, 0) is 9.53 Å². The first-order chi connectivity index (χ1) is 23.0. The number of hydrogen-bond acceptors (Lipinski definition) is 9. The second-order valence-corrected chi connectivity index (χ2v) is 13.5. The number of carbonyl (C=O) groups is 3. The Kier molecular flexibility index (Phi) is 9.62. The van der Waals surface area contributed by atoms with Gasteiger partial charge in [0.15, 0.2) is 5.82 Å². The molecule has 4 aliphatic rings. The average molecular weight is 670 g/mol. The monoisotopic (exact) mass is 669 g/mol. The summed E-state index contributed by atoms with van der Waals surface area (Å²) in [6.07, 6.45) is 9.18. The second kappa shape index (κ2) is 13.7. The zero-order valence-electron chi connectivity index (χ0n) is 27.9. The van der Waals surface area contributed by atoms with Crippen LogP contribution in [-0.4, -0.2) is 91.7 Å². The Labute approximate surface area is 279 Å². The SMILES string of the molecule is CCCCOC(=O)N1CCC2(CC1)CC2CNC(=O)c1ccc(Nc2ncc3c(n2)N(C2CCCC2)CC(F)(F)C(=O)N3C)c(OC)c1. The highest BCUT2D eigenvalue weighted by Gasteiger charge is 2.55. The van der Waals surface area contributed by atoms with Gasteiger partial charge in [0.25, 0.3) is 11.8 Å². The number of nitrogens with zero attached hydrogens (tertiary/aromatic N) is 5. The minimum atomic E-state index is -3.56. The summed E-state index contributed by atoms with van der Waals surface area (Å²) in [6.45, 7) is 3.68. The van der Waals surface area contributed by atoms with E-state index >= 15 is 0 Å². The molecule has 6 rings (SSSR count). The quantitative estimate of drug-likeness (QED) is 0.322. The molecule has 14 heteroatoms. The second-order valence-electron chi connectivity index (χ2n) is 13.5. The zero-order valence-corrected chi connectivity index (χ0v) is 27.9. The molecule has 3 fully saturated rings.